The molecule has 1 unspecified atom stereocenters. The number of aliphatic carboxylic acids is 1. The van der Waals surface area contributed by atoms with Gasteiger partial charge in [-0.3, -0.25) is 24.7 Å². The van der Waals surface area contributed by atoms with E-state index in [1.165, 1.54) is 11.1 Å². The third kappa shape index (κ3) is 5.09. The Labute approximate surface area is 150 Å². The molecule has 2 atom stereocenters. The van der Waals surface area contributed by atoms with Crippen LogP contribution in [0.25, 0.3) is 0 Å². The lowest BCUT2D eigenvalue weighted by atomic mass is 10.1. The zero-order chi connectivity index (χ0) is 19.1. The number of aldehydes is 1. The molecule has 2 amide bonds. The van der Waals surface area contributed by atoms with Crippen LogP contribution in [0.5, 0.6) is 0 Å². The Hall–Kier alpha value is -2.81. The highest BCUT2D eigenvalue weighted by Gasteiger charge is 2.30. The van der Waals surface area contributed by atoms with E-state index in [9.17, 15) is 19.2 Å². The molecule has 2 rings (SSSR count). The number of carboxylic acid groups (broad SMARTS) is 1. The lowest BCUT2D eigenvalue weighted by Gasteiger charge is -2.27. The van der Waals surface area contributed by atoms with Crippen molar-refractivity contribution in [3.63, 3.8) is 0 Å². The maximum atomic E-state index is 12.4. The fourth-order valence-electron chi connectivity index (χ4n) is 2.87. The fourth-order valence-corrected chi connectivity index (χ4v) is 2.87. The third-order valence-corrected chi connectivity index (χ3v) is 4.22. The van der Waals surface area contributed by atoms with Gasteiger partial charge in [0.2, 0.25) is 5.91 Å². The maximum absolute atomic E-state index is 12.4. The van der Waals surface area contributed by atoms with Gasteiger partial charge < -0.3 is 20.1 Å². The molecular weight excluding hydrogens is 340 g/mol. The van der Waals surface area contributed by atoms with Crippen LogP contribution in [0.3, 0.4) is 0 Å². The summed E-state index contributed by atoms with van der Waals surface area (Å²) in [4.78, 5) is 51.8. The molecule has 1 fully saturated rings. The molecule has 3 N–H and O–H groups in total. The van der Waals surface area contributed by atoms with E-state index in [2.05, 4.69) is 15.6 Å². The summed E-state index contributed by atoms with van der Waals surface area (Å²) < 4.78 is 0. The Morgan fingerprint density at radius 1 is 1.46 bits per heavy atom. The van der Waals surface area contributed by atoms with E-state index in [-0.39, 0.29) is 24.8 Å². The standard InChI is InChI=1S/C17H22N4O5/c1-11-4-5-18-8-13(11)17(26)19-9-15(23)21-6-2-3-14(21)20-12(10-22)7-16(24)25/h4-5,8,10,12,14,20H,2-3,6-7,9H2,1H3,(H,19,26)(H,24,25)/t12-,14?/m0/s1. The number of carbonyl (C=O) groups excluding carboxylic acids is 3. The summed E-state index contributed by atoms with van der Waals surface area (Å²) in [5.74, 6) is -1.77. The van der Waals surface area contributed by atoms with Crippen molar-refractivity contribution in [2.24, 2.45) is 0 Å². The number of pyridine rings is 1. The Morgan fingerprint density at radius 3 is 2.88 bits per heavy atom. The van der Waals surface area contributed by atoms with Gasteiger partial charge in [0.1, 0.15) is 6.29 Å². The number of amides is 2. The molecule has 140 valence electrons. The van der Waals surface area contributed by atoms with Crippen molar-refractivity contribution in [1.29, 1.82) is 0 Å². The van der Waals surface area contributed by atoms with Crippen molar-refractivity contribution in [3.8, 4) is 0 Å². The highest BCUT2D eigenvalue weighted by Crippen LogP contribution is 2.16. The van der Waals surface area contributed by atoms with Gasteiger partial charge in [0.15, 0.2) is 0 Å². The van der Waals surface area contributed by atoms with Crippen LogP contribution in [0.4, 0.5) is 0 Å². The SMILES string of the molecule is Cc1ccncc1C(=O)NCC(=O)N1CCCC1N[C@H](C=O)CC(=O)O. The summed E-state index contributed by atoms with van der Waals surface area (Å²) in [7, 11) is 0. The van der Waals surface area contributed by atoms with Crippen LogP contribution in [0, 0.1) is 6.92 Å². The van der Waals surface area contributed by atoms with Gasteiger partial charge in [-0.05, 0) is 31.4 Å². The number of likely N-dealkylation sites (tertiary alicyclic amines) is 1. The number of hydrogen-bond acceptors (Lipinski definition) is 6. The largest absolute Gasteiger partial charge is 0.481 e. The van der Waals surface area contributed by atoms with Crippen molar-refractivity contribution < 1.29 is 24.3 Å². The summed E-state index contributed by atoms with van der Waals surface area (Å²) in [6, 6.07) is 0.845. The van der Waals surface area contributed by atoms with Gasteiger partial charge in [0.25, 0.3) is 5.91 Å². The quantitative estimate of drug-likeness (QED) is 0.542. The van der Waals surface area contributed by atoms with E-state index >= 15 is 0 Å². The van der Waals surface area contributed by atoms with E-state index in [0.717, 1.165) is 12.0 Å². The molecule has 0 spiro atoms. The molecule has 0 aliphatic carbocycles. The number of aryl methyl sites for hydroxylation is 1. The highest BCUT2D eigenvalue weighted by molar-refractivity contribution is 5.97. The molecule has 1 aliphatic heterocycles. The molecule has 2 heterocycles. The van der Waals surface area contributed by atoms with Crippen LogP contribution in [0.1, 0.15) is 35.2 Å². The van der Waals surface area contributed by atoms with Crippen LogP contribution in [-0.2, 0) is 14.4 Å². The van der Waals surface area contributed by atoms with Crippen LogP contribution in [-0.4, -0.2) is 64.4 Å². The molecule has 9 nitrogen and oxygen atoms in total. The van der Waals surface area contributed by atoms with Crippen molar-refractivity contribution in [2.75, 3.05) is 13.1 Å². The first-order valence-corrected chi connectivity index (χ1v) is 8.33. The van der Waals surface area contributed by atoms with Gasteiger partial charge in [-0.1, -0.05) is 0 Å². The summed E-state index contributed by atoms with van der Waals surface area (Å²) in [5, 5.41) is 14.3. The predicted octanol–water partition coefficient (Wildman–Crippen LogP) is -0.300. The van der Waals surface area contributed by atoms with Crippen LogP contribution < -0.4 is 10.6 Å². The molecule has 0 bridgehead atoms. The van der Waals surface area contributed by atoms with Gasteiger partial charge in [0, 0.05) is 18.9 Å². The Kier molecular flexibility index (Phi) is 6.79. The zero-order valence-electron chi connectivity index (χ0n) is 14.5. The van der Waals surface area contributed by atoms with Gasteiger partial charge in [0.05, 0.1) is 30.7 Å². The van der Waals surface area contributed by atoms with Gasteiger partial charge >= 0.3 is 5.97 Å². The summed E-state index contributed by atoms with van der Waals surface area (Å²) in [6.45, 7) is 2.08. The molecule has 0 saturated carbocycles. The Balaban J connectivity index is 1.91. The normalized spacial score (nSPS) is 17.6. The summed E-state index contributed by atoms with van der Waals surface area (Å²) in [6.07, 6.45) is 4.13. The number of rotatable bonds is 8. The number of carbonyl (C=O) groups is 4. The molecule has 1 aromatic heterocycles. The molecule has 1 aliphatic rings. The topological polar surface area (TPSA) is 129 Å². The second-order valence-electron chi connectivity index (χ2n) is 6.13. The van der Waals surface area contributed by atoms with Gasteiger partial charge in [-0.25, -0.2) is 0 Å². The van der Waals surface area contributed by atoms with E-state index in [1.54, 1.807) is 19.2 Å². The van der Waals surface area contributed by atoms with Gasteiger partial charge in [-0.2, -0.15) is 0 Å². The van der Waals surface area contributed by atoms with Crippen LogP contribution >= 0.6 is 0 Å². The number of carboxylic acids is 1. The van der Waals surface area contributed by atoms with Crippen molar-refractivity contribution in [1.82, 2.24) is 20.5 Å². The van der Waals surface area contributed by atoms with E-state index < -0.39 is 18.2 Å². The first-order chi connectivity index (χ1) is 12.4. The molecule has 9 heteroatoms. The monoisotopic (exact) mass is 362 g/mol. The van der Waals surface area contributed by atoms with E-state index in [1.807, 2.05) is 0 Å². The van der Waals surface area contributed by atoms with Crippen molar-refractivity contribution in [3.05, 3.63) is 29.6 Å². The molecule has 1 saturated heterocycles. The first kappa shape index (κ1) is 19.5. The highest BCUT2D eigenvalue weighted by atomic mass is 16.4. The predicted molar refractivity (Wildman–Crippen MR) is 91.3 cm³/mol. The number of aromatic nitrogens is 1. The Morgan fingerprint density at radius 2 is 2.23 bits per heavy atom. The molecule has 1 aromatic rings. The van der Waals surface area contributed by atoms with Crippen molar-refractivity contribution >= 4 is 24.1 Å². The molecular formula is C17H22N4O5. The number of nitrogens with one attached hydrogen (secondary N) is 2. The molecule has 0 radical (unpaired) electrons. The minimum absolute atomic E-state index is 0.184. The molecule has 0 aromatic carbocycles. The lowest BCUT2D eigenvalue weighted by Crippen LogP contribution is -2.51. The number of hydrogen-bond donors (Lipinski definition) is 3. The average Bonchev–Trinajstić information content (AvgIpc) is 3.07. The average molecular weight is 362 g/mol. The second-order valence-corrected chi connectivity index (χ2v) is 6.13. The smallest absolute Gasteiger partial charge is 0.305 e. The maximum Gasteiger partial charge on any atom is 0.305 e. The van der Waals surface area contributed by atoms with Crippen LogP contribution in [0.2, 0.25) is 0 Å². The minimum atomic E-state index is -1.09. The zero-order valence-corrected chi connectivity index (χ0v) is 14.5. The Bertz CT molecular complexity index is 693. The third-order valence-electron chi connectivity index (χ3n) is 4.22. The number of nitrogens with zero attached hydrogens (tertiary/aromatic N) is 2. The summed E-state index contributed by atoms with van der Waals surface area (Å²) in [5.41, 5.74) is 1.16. The second kappa shape index (κ2) is 9.04. The van der Waals surface area contributed by atoms with Gasteiger partial charge in [-0.15, -0.1) is 0 Å². The first-order valence-electron chi connectivity index (χ1n) is 8.33. The summed E-state index contributed by atoms with van der Waals surface area (Å²) >= 11 is 0. The van der Waals surface area contributed by atoms with E-state index in [0.29, 0.717) is 24.8 Å². The molecule has 26 heavy (non-hydrogen) atoms. The van der Waals surface area contributed by atoms with Crippen LogP contribution in [0.15, 0.2) is 18.5 Å². The van der Waals surface area contributed by atoms with E-state index in [4.69, 9.17) is 5.11 Å². The fraction of sp³-hybridized carbons (Fsp3) is 0.471. The van der Waals surface area contributed by atoms with Crippen molar-refractivity contribution in [2.45, 2.75) is 38.4 Å². The minimum Gasteiger partial charge on any atom is -0.481 e. The lowest BCUT2D eigenvalue weighted by molar-refractivity contribution is -0.138.